The summed E-state index contributed by atoms with van der Waals surface area (Å²) in [5.74, 6) is -0.225. The molecule has 3 rings (SSSR count). The van der Waals surface area contributed by atoms with E-state index in [1.807, 2.05) is 12.1 Å². The van der Waals surface area contributed by atoms with Crippen LogP contribution in [0.1, 0.15) is 16.1 Å². The minimum absolute atomic E-state index is 0.314. The van der Waals surface area contributed by atoms with Crippen molar-refractivity contribution in [2.24, 2.45) is 0 Å². The van der Waals surface area contributed by atoms with Crippen molar-refractivity contribution in [3.63, 3.8) is 0 Å². The van der Waals surface area contributed by atoms with Crippen molar-refractivity contribution in [2.75, 3.05) is 39.5 Å². The molecular formula is C16H20N2O4. The molecule has 1 aliphatic heterocycles. The minimum atomic E-state index is -0.922. The Morgan fingerprint density at radius 2 is 2.18 bits per heavy atom. The van der Waals surface area contributed by atoms with Gasteiger partial charge in [0.2, 0.25) is 0 Å². The van der Waals surface area contributed by atoms with E-state index in [1.54, 1.807) is 13.0 Å². The molecule has 6 heteroatoms. The molecule has 0 aliphatic carbocycles. The zero-order valence-corrected chi connectivity index (χ0v) is 12.6. The molecule has 0 spiro atoms. The molecule has 0 amide bonds. The predicted octanol–water partition coefficient (Wildman–Crippen LogP) is 1.89. The van der Waals surface area contributed by atoms with Gasteiger partial charge in [-0.2, -0.15) is 0 Å². The Hall–Kier alpha value is -2.05. The predicted molar refractivity (Wildman–Crippen MR) is 82.7 cm³/mol. The van der Waals surface area contributed by atoms with Gasteiger partial charge in [0.1, 0.15) is 12.4 Å². The summed E-state index contributed by atoms with van der Waals surface area (Å²) in [5, 5.41) is 10.00. The van der Waals surface area contributed by atoms with Crippen LogP contribution in [0, 0.1) is 6.92 Å². The number of carboxylic acid groups (broad SMARTS) is 1. The molecule has 2 N–H and O–H groups in total. The van der Waals surface area contributed by atoms with Crippen LogP contribution in [-0.2, 0) is 4.74 Å². The van der Waals surface area contributed by atoms with Crippen LogP contribution >= 0.6 is 0 Å². The molecule has 6 nitrogen and oxygen atoms in total. The molecule has 0 radical (unpaired) electrons. The maximum absolute atomic E-state index is 11.3. The molecule has 118 valence electrons. The van der Waals surface area contributed by atoms with Gasteiger partial charge in [-0.1, -0.05) is 0 Å². The summed E-state index contributed by atoms with van der Waals surface area (Å²) in [7, 11) is 0. The average molecular weight is 304 g/mol. The van der Waals surface area contributed by atoms with Gasteiger partial charge in [-0.25, -0.2) is 4.79 Å². The van der Waals surface area contributed by atoms with E-state index in [0.29, 0.717) is 29.0 Å². The summed E-state index contributed by atoms with van der Waals surface area (Å²) in [6.07, 6.45) is 0. The summed E-state index contributed by atoms with van der Waals surface area (Å²) >= 11 is 0. The number of fused-ring (bicyclic) bond motifs is 1. The molecule has 1 aliphatic rings. The number of morpholine rings is 1. The number of ether oxygens (including phenoxy) is 2. The van der Waals surface area contributed by atoms with Crippen LogP contribution in [0.15, 0.2) is 18.2 Å². The lowest BCUT2D eigenvalue weighted by molar-refractivity contribution is 0.0322. The van der Waals surface area contributed by atoms with E-state index in [-0.39, 0.29) is 0 Å². The van der Waals surface area contributed by atoms with Crippen LogP contribution in [0.3, 0.4) is 0 Å². The molecule has 0 bridgehead atoms. The van der Waals surface area contributed by atoms with Crippen molar-refractivity contribution in [3.05, 3.63) is 29.5 Å². The molecule has 2 aromatic rings. The highest BCUT2D eigenvalue weighted by molar-refractivity contribution is 6.05. The molecular weight excluding hydrogens is 284 g/mol. The lowest BCUT2D eigenvalue weighted by atomic mass is 10.1. The van der Waals surface area contributed by atoms with E-state index < -0.39 is 5.97 Å². The number of aromatic nitrogens is 1. The maximum Gasteiger partial charge on any atom is 0.338 e. The molecule has 0 unspecified atom stereocenters. The van der Waals surface area contributed by atoms with Crippen LogP contribution in [0.25, 0.3) is 10.9 Å². The van der Waals surface area contributed by atoms with Crippen LogP contribution in [-0.4, -0.2) is 60.4 Å². The average Bonchev–Trinajstić information content (AvgIpc) is 2.83. The molecule has 1 aromatic heterocycles. The van der Waals surface area contributed by atoms with Crippen LogP contribution in [0.4, 0.5) is 0 Å². The number of nitrogens with one attached hydrogen (secondary N) is 1. The second-order valence-corrected chi connectivity index (χ2v) is 5.44. The van der Waals surface area contributed by atoms with Crippen molar-refractivity contribution in [2.45, 2.75) is 6.92 Å². The second-order valence-electron chi connectivity index (χ2n) is 5.44. The minimum Gasteiger partial charge on any atom is -0.492 e. The van der Waals surface area contributed by atoms with Crippen LogP contribution < -0.4 is 4.74 Å². The standard InChI is InChI=1S/C16H20N2O4/c1-11-15(16(19)20)13-10-12(2-3-14(13)17-11)22-9-6-18-4-7-21-8-5-18/h2-3,10,17H,4-9H2,1H3,(H,19,20). The van der Waals surface area contributed by atoms with Crippen molar-refractivity contribution >= 4 is 16.9 Å². The van der Waals surface area contributed by atoms with Gasteiger partial charge < -0.3 is 19.6 Å². The highest BCUT2D eigenvalue weighted by Gasteiger charge is 2.15. The third-order valence-electron chi connectivity index (χ3n) is 3.95. The Labute approximate surface area is 128 Å². The van der Waals surface area contributed by atoms with Crippen molar-refractivity contribution in [3.8, 4) is 5.75 Å². The summed E-state index contributed by atoms with van der Waals surface area (Å²) in [5.41, 5.74) is 1.79. The summed E-state index contributed by atoms with van der Waals surface area (Å²) < 4.78 is 11.1. The van der Waals surface area contributed by atoms with E-state index in [9.17, 15) is 9.90 Å². The fourth-order valence-corrected chi connectivity index (χ4v) is 2.79. The van der Waals surface area contributed by atoms with Gasteiger partial charge in [0.05, 0.1) is 18.8 Å². The number of aromatic amines is 1. The van der Waals surface area contributed by atoms with Gasteiger partial charge in [-0.3, -0.25) is 4.90 Å². The second kappa shape index (κ2) is 6.37. The number of carbonyl (C=O) groups is 1. The summed E-state index contributed by atoms with van der Waals surface area (Å²) in [6, 6.07) is 5.52. The number of hydrogen-bond acceptors (Lipinski definition) is 4. The molecule has 1 aromatic carbocycles. The van der Waals surface area contributed by atoms with E-state index in [2.05, 4.69) is 9.88 Å². The SMILES string of the molecule is Cc1[nH]c2ccc(OCCN3CCOCC3)cc2c1C(=O)O. The Bertz CT molecular complexity index is 674. The Morgan fingerprint density at radius 1 is 1.41 bits per heavy atom. The van der Waals surface area contributed by atoms with Crippen molar-refractivity contribution in [1.82, 2.24) is 9.88 Å². The highest BCUT2D eigenvalue weighted by atomic mass is 16.5. The molecule has 22 heavy (non-hydrogen) atoms. The van der Waals surface area contributed by atoms with Crippen LogP contribution in [0.2, 0.25) is 0 Å². The van der Waals surface area contributed by atoms with Gasteiger partial charge in [0.25, 0.3) is 0 Å². The van der Waals surface area contributed by atoms with E-state index in [0.717, 1.165) is 38.4 Å². The van der Waals surface area contributed by atoms with E-state index in [4.69, 9.17) is 9.47 Å². The number of aryl methyl sites for hydroxylation is 1. The monoisotopic (exact) mass is 304 g/mol. The molecule has 1 fully saturated rings. The molecule has 2 heterocycles. The first-order valence-electron chi connectivity index (χ1n) is 7.43. The topological polar surface area (TPSA) is 74.8 Å². The quantitative estimate of drug-likeness (QED) is 0.882. The molecule has 0 saturated carbocycles. The van der Waals surface area contributed by atoms with Gasteiger partial charge in [0, 0.05) is 36.2 Å². The fourth-order valence-electron chi connectivity index (χ4n) is 2.79. The largest absolute Gasteiger partial charge is 0.492 e. The van der Waals surface area contributed by atoms with Gasteiger partial charge in [-0.15, -0.1) is 0 Å². The summed E-state index contributed by atoms with van der Waals surface area (Å²) in [6.45, 7) is 6.61. The third kappa shape index (κ3) is 3.08. The number of carboxylic acids is 1. The normalized spacial score (nSPS) is 16.0. The zero-order valence-electron chi connectivity index (χ0n) is 12.6. The Kier molecular flexibility index (Phi) is 4.31. The molecule has 1 saturated heterocycles. The Balaban J connectivity index is 1.68. The number of nitrogens with zero attached hydrogens (tertiary/aromatic N) is 1. The van der Waals surface area contributed by atoms with Crippen molar-refractivity contribution in [1.29, 1.82) is 0 Å². The fraction of sp³-hybridized carbons (Fsp3) is 0.438. The maximum atomic E-state index is 11.3. The van der Waals surface area contributed by atoms with E-state index in [1.165, 1.54) is 0 Å². The van der Waals surface area contributed by atoms with Crippen LogP contribution in [0.5, 0.6) is 5.75 Å². The van der Waals surface area contributed by atoms with E-state index >= 15 is 0 Å². The summed E-state index contributed by atoms with van der Waals surface area (Å²) in [4.78, 5) is 16.7. The first-order valence-corrected chi connectivity index (χ1v) is 7.43. The highest BCUT2D eigenvalue weighted by Crippen LogP contribution is 2.26. The van der Waals surface area contributed by atoms with Crippen molar-refractivity contribution < 1.29 is 19.4 Å². The van der Waals surface area contributed by atoms with Gasteiger partial charge >= 0.3 is 5.97 Å². The lowest BCUT2D eigenvalue weighted by Crippen LogP contribution is -2.38. The van der Waals surface area contributed by atoms with Gasteiger partial charge in [0.15, 0.2) is 0 Å². The number of benzene rings is 1. The van der Waals surface area contributed by atoms with Gasteiger partial charge in [-0.05, 0) is 25.1 Å². The Morgan fingerprint density at radius 3 is 2.91 bits per heavy atom. The number of H-pyrrole nitrogens is 1. The number of rotatable bonds is 5. The lowest BCUT2D eigenvalue weighted by Gasteiger charge is -2.26. The number of aromatic carboxylic acids is 1. The first-order chi connectivity index (χ1) is 10.6. The number of hydrogen-bond donors (Lipinski definition) is 2. The molecule has 0 atom stereocenters. The first kappa shape index (κ1) is 14.9. The third-order valence-corrected chi connectivity index (χ3v) is 3.95. The zero-order chi connectivity index (χ0) is 15.5. The smallest absolute Gasteiger partial charge is 0.338 e.